The Morgan fingerprint density at radius 2 is 1.94 bits per heavy atom. The van der Waals surface area contributed by atoms with E-state index in [-0.39, 0.29) is 12.2 Å². The third-order valence-corrected chi connectivity index (χ3v) is 2.99. The summed E-state index contributed by atoms with van der Waals surface area (Å²) >= 11 is 0. The van der Waals surface area contributed by atoms with Crippen LogP contribution in [0, 0.1) is 6.42 Å². The molecule has 0 aromatic heterocycles. The van der Waals surface area contributed by atoms with E-state index in [9.17, 15) is 0 Å². The molecule has 0 unspecified atom stereocenters. The van der Waals surface area contributed by atoms with Gasteiger partial charge in [0.1, 0.15) is 6.10 Å². The van der Waals surface area contributed by atoms with Gasteiger partial charge < -0.3 is 14.8 Å². The summed E-state index contributed by atoms with van der Waals surface area (Å²) in [5.74, 6) is -0.525. The molecule has 0 bridgehead atoms. The Bertz CT molecular complexity index is 390. The number of nitrogens with one attached hydrogen (secondary N) is 1. The largest absolute Gasteiger partial charge is 0.388 e. The predicted octanol–water partition coefficient (Wildman–Crippen LogP) is 3.15. The van der Waals surface area contributed by atoms with Crippen LogP contribution in [0.15, 0.2) is 24.3 Å². The lowest BCUT2D eigenvalue weighted by Crippen LogP contribution is -2.21. The Balaban J connectivity index is 2.32. The van der Waals surface area contributed by atoms with Crippen molar-refractivity contribution in [2.75, 3.05) is 12.4 Å². The van der Waals surface area contributed by atoms with Crippen LogP contribution in [0.4, 0.5) is 5.69 Å². The van der Waals surface area contributed by atoms with Crippen LogP contribution in [0.25, 0.3) is 0 Å². The van der Waals surface area contributed by atoms with E-state index < -0.39 is 5.79 Å². The van der Waals surface area contributed by atoms with E-state index in [0.29, 0.717) is 0 Å². The van der Waals surface area contributed by atoms with Crippen LogP contribution < -0.4 is 5.32 Å². The third kappa shape index (κ3) is 2.45. The number of ether oxygens (including phenoxy) is 2. The van der Waals surface area contributed by atoms with Crippen LogP contribution in [-0.2, 0) is 9.47 Å². The molecule has 0 spiro atoms. The van der Waals surface area contributed by atoms with Crippen molar-refractivity contribution in [2.45, 2.75) is 38.8 Å². The minimum atomic E-state index is -0.525. The van der Waals surface area contributed by atoms with Crippen molar-refractivity contribution < 1.29 is 9.47 Å². The smallest absolute Gasteiger partial charge is 0.164 e. The van der Waals surface area contributed by atoms with Crippen molar-refractivity contribution in [3.05, 3.63) is 36.2 Å². The molecule has 1 radical (unpaired) electrons. The fourth-order valence-corrected chi connectivity index (χ4v) is 2.25. The first-order valence-corrected chi connectivity index (χ1v) is 5.99. The Morgan fingerprint density at radius 1 is 1.24 bits per heavy atom. The fourth-order valence-electron chi connectivity index (χ4n) is 2.25. The van der Waals surface area contributed by atoms with Gasteiger partial charge in [0.15, 0.2) is 5.79 Å². The molecule has 1 N–H and O–H groups in total. The molecule has 17 heavy (non-hydrogen) atoms. The average molecular weight is 234 g/mol. The zero-order chi connectivity index (χ0) is 12.5. The van der Waals surface area contributed by atoms with Crippen molar-refractivity contribution in [3.8, 4) is 0 Å². The van der Waals surface area contributed by atoms with Gasteiger partial charge in [0.25, 0.3) is 0 Å². The van der Waals surface area contributed by atoms with Crippen LogP contribution in [0.3, 0.4) is 0 Å². The van der Waals surface area contributed by atoms with Gasteiger partial charge >= 0.3 is 0 Å². The molecular weight excluding hydrogens is 214 g/mol. The highest BCUT2D eigenvalue weighted by Gasteiger charge is 2.41. The zero-order valence-corrected chi connectivity index (χ0v) is 10.9. The molecule has 0 saturated carbocycles. The summed E-state index contributed by atoms with van der Waals surface area (Å²) in [5.41, 5.74) is 2.23. The number of rotatable bonds is 3. The van der Waals surface area contributed by atoms with Crippen molar-refractivity contribution in [1.29, 1.82) is 0 Å². The normalized spacial score (nSPS) is 27.1. The lowest BCUT2D eigenvalue weighted by Gasteiger charge is -2.19. The molecule has 1 aromatic rings. The number of hydrogen-bond acceptors (Lipinski definition) is 3. The highest BCUT2D eigenvalue weighted by molar-refractivity contribution is 5.52. The first-order valence-electron chi connectivity index (χ1n) is 5.99. The first kappa shape index (κ1) is 12.4. The SMILES string of the molecule is C[CH][C@@H]1OC(C)(C)O[C@H]1c1ccccc1NC. The van der Waals surface area contributed by atoms with Crippen LogP contribution in [0.2, 0.25) is 0 Å². The highest BCUT2D eigenvalue weighted by atomic mass is 16.7. The molecule has 1 heterocycles. The lowest BCUT2D eigenvalue weighted by atomic mass is 10.0. The maximum absolute atomic E-state index is 5.99. The van der Waals surface area contributed by atoms with Crippen molar-refractivity contribution in [3.63, 3.8) is 0 Å². The molecule has 2 rings (SSSR count). The second-order valence-electron chi connectivity index (χ2n) is 4.69. The van der Waals surface area contributed by atoms with E-state index >= 15 is 0 Å². The second-order valence-corrected chi connectivity index (χ2v) is 4.69. The van der Waals surface area contributed by atoms with E-state index in [1.807, 2.05) is 46.4 Å². The van der Waals surface area contributed by atoms with Gasteiger partial charge in [0.2, 0.25) is 0 Å². The van der Waals surface area contributed by atoms with E-state index in [0.717, 1.165) is 11.3 Å². The number of para-hydroxylation sites is 1. The van der Waals surface area contributed by atoms with Gasteiger partial charge in [0, 0.05) is 18.3 Å². The van der Waals surface area contributed by atoms with Crippen molar-refractivity contribution >= 4 is 5.69 Å². The summed E-state index contributed by atoms with van der Waals surface area (Å²) in [6, 6.07) is 8.17. The van der Waals surface area contributed by atoms with E-state index in [2.05, 4.69) is 17.4 Å². The quantitative estimate of drug-likeness (QED) is 0.871. The molecule has 1 aromatic carbocycles. The average Bonchev–Trinajstić information content (AvgIpc) is 2.64. The van der Waals surface area contributed by atoms with Gasteiger partial charge in [-0.3, -0.25) is 0 Å². The molecule has 0 amide bonds. The topological polar surface area (TPSA) is 30.5 Å². The summed E-state index contributed by atoms with van der Waals surface area (Å²) < 4.78 is 11.8. The molecule has 1 fully saturated rings. The maximum Gasteiger partial charge on any atom is 0.164 e. The minimum Gasteiger partial charge on any atom is -0.388 e. The standard InChI is InChI=1S/C14H20NO2/c1-5-12-13(17-14(2,3)16-12)10-8-6-7-9-11(10)15-4/h5-9,12-13,15H,1-4H3/t12-,13-/m0/s1. The number of hydrogen-bond donors (Lipinski definition) is 1. The Morgan fingerprint density at radius 3 is 2.59 bits per heavy atom. The van der Waals surface area contributed by atoms with Gasteiger partial charge in [-0.05, 0) is 26.3 Å². The molecule has 2 atom stereocenters. The van der Waals surface area contributed by atoms with Crippen LogP contribution in [0.1, 0.15) is 32.4 Å². The summed E-state index contributed by atoms with van der Waals surface area (Å²) in [6.45, 7) is 5.90. The second kappa shape index (κ2) is 4.67. The molecular formula is C14H20NO2. The fraction of sp³-hybridized carbons (Fsp3) is 0.500. The molecule has 93 valence electrons. The van der Waals surface area contributed by atoms with Gasteiger partial charge in [-0.15, -0.1) is 0 Å². The van der Waals surface area contributed by atoms with E-state index in [4.69, 9.17) is 9.47 Å². The molecule has 3 heteroatoms. The molecule has 1 saturated heterocycles. The highest BCUT2D eigenvalue weighted by Crippen LogP contribution is 2.41. The van der Waals surface area contributed by atoms with Crippen LogP contribution in [0.5, 0.6) is 0 Å². The van der Waals surface area contributed by atoms with Crippen molar-refractivity contribution in [1.82, 2.24) is 0 Å². The van der Waals surface area contributed by atoms with Gasteiger partial charge in [-0.1, -0.05) is 25.1 Å². The first-order chi connectivity index (χ1) is 8.07. The Kier molecular flexibility index (Phi) is 3.40. The molecule has 1 aliphatic heterocycles. The zero-order valence-electron chi connectivity index (χ0n) is 10.9. The summed E-state index contributed by atoms with van der Waals surface area (Å²) in [4.78, 5) is 0. The number of benzene rings is 1. The minimum absolute atomic E-state index is 0.000463. The summed E-state index contributed by atoms with van der Waals surface area (Å²) in [7, 11) is 1.92. The monoisotopic (exact) mass is 234 g/mol. The molecule has 1 aliphatic rings. The Hall–Kier alpha value is -1.06. The van der Waals surface area contributed by atoms with Gasteiger partial charge in [-0.25, -0.2) is 0 Å². The van der Waals surface area contributed by atoms with E-state index in [1.54, 1.807) is 0 Å². The number of anilines is 1. The predicted molar refractivity (Wildman–Crippen MR) is 68.7 cm³/mol. The summed E-state index contributed by atoms with van der Waals surface area (Å²) in [5, 5.41) is 3.20. The third-order valence-electron chi connectivity index (χ3n) is 2.99. The molecule has 0 aliphatic carbocycles. The lowest BCUT2D eigenvalue weighted by molar-refractivity contribution is -0.144. The van der Waals surface area contributed by atoms with Crippen LogP contribution in [-0.4, -0.2) is 18.9 Å². The molecule has 3 nitrogen and oxygen atoms in total. The maximum atomic E-state index is 5.99. The summed E-state index contributed by atoms with van der Waals surface area (Å²) in [6.07, 6.45) is 2.00. The van der Waals surface area contributed by atoms with Gasteiger partial charge in [0.05, 0.1) is 6.10 Å². The van der Waals surface area contributed by atoms with Gasteiger partial charge in [-0.2, -0.15) is 0 Å². The van der Waals surface area contributed by atoms with E-state index in [1.165, 1.54) is 0 Å². The Labute approximate surface area is 103 Å². The van der Waals surface area contributed by atoms with Crippen LogP contribution >= 0.6 is 0 Å². The van der Waals surface area contributed by atoms with Crippen molar-refractivity contribution in [2.24, 2.45) is 0 Å².